The molecule has 1 rings (SSSR count). The second-order valence-electron chi connectivity index (χ2n) is 2.22. The number of carbonyl (C=O) groups is 1. The van der Waals surface area contributed by atoms with Crippen molar-refractivity contribution in [2.24, 2.45) is 0 Å². The lowest BCUT2D eigenvalue weighted by Gasteiger charge is -1.96. The average molecular weight is 214 g/mol. The van der Waals surface area contributed by atoms with Crippen LogP contribution in [0.3, 0.4) is 0 Å². The van der Waals surface area contributed by atoms with Gasteiger partial charge in [0.2, 0.25) is 0 Å². The van der Waals surface area contributed by atoms with E-state index in [1.54, 1.807) is 6.07 Å². The maximum absolute atomic E-state index is 11.1. The normalized spacial score (nSPS) is 9.64. The maximum Gasteiger partial charge on any atom is 0.191 e. The van der Waals surface area contributed by atoms with Gasteiger partial charge in [-0.25, -0.2) is 4.98 Å². The van der Waals surface area contributed by atoms with E-state index in [-0.39, 0.29) is 5.78 Å². The van der Waals surface area contributed by atoms with Gasteiger partial charge in [-0.15, -0.1) is 0 Å². The van der Waals surface area contributed by atoms with E-state index in [4.69, 9.17) is 0 Å². The molecule has 0 amide bonds. The monoisotopic (exact) mass is 213 g/mol. The molecule has 11 heavy (non-hydrogen) atoms. The van der Waals surface area contributed by atoms with Crippen LogP contribution < -0.4 is 0 Å². The lowest BCUT2D eigenvalue weighted by Crippen LogP contribution is -2.03. The molecule has 0 saturated heterocycles. The fraction of sp³-hybridized carbons (Fsp3) is 0.250. The van der Waals surface area contributed by atoms with Gasteiger partial charge in [0.25, 0.3) is 0 Å². The molecule has 0 radical (unpaired) electrons. The Morgan fingerprint density at radius 3 is 2.91 bits per heavy atom. The Kier molecular flexibility index (Phi) is 2.76. The Balaban J connectivity index is 2.96. The maximum atomic E-state index is 11.1. The predicted molar refractivity (Wildman–Crippen MR) is 47.1 cm³/mol. The van der Waals surface area contributed by atoms with Crippen LogP contribution in [0, 0.1) is 6.92 Å². The number of ketones is 1. The van der Waals surface area contributed by atoms with Crippen molar-refractivity contribution in [1.29, 1.82) is 0 Å². The van der Waals surface area contributed by atoms with Crippen LogP contribution in [0.5, 0.6) is 0 Å². The van der Waals surface area contributed by atoms with Gasteiger partial charge in [-0.1, -0.05) is 22.0 Å². The molecule has 0 atom stereocenters. The number of hydrogen-bond donors (Lipinski definition) is 0. The van der Waals surface area contributed by atoms with Crippen LogP contribution in [0.25, 0.3) is 0 Å². The highest BCUT2D eigenvalue weighted by Gasteiger charge is 2.03. The SMILES string of the molecule is Cc1cccc(C(=O)CBr)n1. The fourth-order valence-electron chi connectivity index (χ4n) is 0.767. The van der Waals surface area contributed by atoms with E-state index < -0.39 is 0 Å². The number of rotatable bonds is 2. The summed E-state index contributed by atoms with van der Waals surface area (Å²) in [4.78, 5) is 15.1. The summed E-state index contributed by atoms with van der Waals surface area (Å²) < 4.78 is 0. The van der Waals surface area contributed by atoms with Crippen molar-refractivity contribution in [1.82, 2.24) is 4.98 Å². The molecule has 0 bridgehead atoms. The Bertz CT molecular complexity index is 273. The van der Waals surface area contributed by atoms with Crippen LogP contribution in [0.15, 0.2) is 18.2 Å². The standard InChI is InChI=1S/C8H8BrNO/c1-6-3-2-4-7(10-6)8(11)5-9/h2-4H,5H2,1H3. The molecular weight excluding hydrogens is 206 g/mol. The quantitative estimate of drug-likeness (QED) is 0.556. The van der Waals surface area contributed by atoms with Gasteiger partial charge in [0.05, 0.1) is 5.33 Å². The Labute approximate surface area is 73.8 Å². The van der Waals surface area contributed by atoms with E-state index in [1.165, 1.54) is 0 Å². The predicted octanol–water partition coefficient (Wildman–Crippen LogP) is 1.97. The van der Waals surface area contributed by atoms with Gasteiger partial charge in [0, 0.05) is 5.69 Å². The number of Topliss-reactive ketones (excluding diaryl/α,β-unsaturated/α-hetero) is 1. The molecule has 1 heterocycles. The van der Waals surface area contributed by atoms with Gasteiger partial charge < -0.3 is 0 Å². The second kappa shape index (κ2) is 3.62. The molecule has 0 unspecified atom stereocenters. The summed E-state index contributed by atoms with van der Waals surface area (Å²) in [5.41, 5.74) is 1.40. The summed E-state index contributed by atoms with van der Waals surface area (Å²) in [6.07, 6.45) is 0. The Hall–Kier alpha value is -0.700. The summed E-state index contributed by atoms with van der Waals surface area (Å²) in [6.45, 7) is 1.87. The molecule has 0 spiro atoms. The first kappa shape index (κ1) is 8.40. The third kappa shape index (κ3) is 2.12. The van der Waals surface area contributed by atoms with Crippen LogP contribution >= 0.6 is 15.9 Å². The molecule has 1 aromatic rings. The summed E-state index contributed by atoms with van der Waals surface area (Å²) in [5.74, 6) is 0.0219. The summed E-state index contributed by atoms with van der Waals surface area (Å²) in [6, 6.07) is 5.42. The summed E-state index contributed by atoms with van der Waals surface area (Å²) in [7, 11) is 0. The third-order valence-corrected chi connectivity index (χ3v) is 1.80. The number of hydrogen-bond acceptors (Lipinski definition) is 2. The topological polar surface area (TPSA) is 30.0 Å². The van der Waals surface area contributed by atoms with Gasteiger partial charge in [-0.3, -0.25) is 4.79 Å². The first-order valence-electron chi connectivity index (χ1n) is 3.27. The smallest absolute Gasteiger partial charge is 0.191 e. The zero-order chi connectivity index (χ0) is 8.27. The lowest BCUT2D eigenvalue weighted by atomic mass is 10.2. The number of nitrogens with zero attached hydrogens (tertiary/aromatic N) is 1. The number of alkyl halides is 1. The third-order valence-electron chi connectivity index (χ3n) is 1.30. The molecule has 0 aliphatic heterocycles. The minimum atomic E-state index is 0.0219. The zero-order valence-electron chi connectivity index (χ0n) is 6.17. The number of carbonyl (C=O) groups excluding carboxylic acids is 1. The fourth-order valence-corrected chi connectivity index (χ4v) is 1.05. The Morgan fingerprint density at radius 1 is 1.64 bits per heavy atom. The zero-order valence-corrected chi connectivity index (χ0v) is 7.76. The molecule has 0 saturated carbocycles. The van der Waals surface area contributed by atoms with Crippen LogP contribution in [0.2, 0.25) is 0 Å². The largest absolute Gasteiger partial charge is 0.291 e. The van der Waals surface area contributed by atoms with E-state index in [2.05, 4.69) is 20.9 Å². The highest BCUT2D eigenvalue weighted by Crippen LogP contribution is 2.00. The van der Waals surface area contributed by atoms with Crippen LogP contribution in [0.1, 0.15) is 16.2 Å². The molecule has 0 aliphatic rings. The first-order chi connectivity index (χ1) is 5.24. The van der Waals surface area contributed by atoms with Gasteiger partial charge in [0.15, 0.2) is 5.78 Å². The number of aryl methyl sites for hydroxylation is 1. The van der Waals surface area contributed by atoms with Crippen molar-refractivity contribution in [3.63, 3.8) is 0 Å². The van der Waals surface area contributed by atoms with E-state index in [1.807, 2.05) is 19.1 Å². The van der Waals surface area contributed by atoms with Crippen LogP contribution in [0.4, 0.5) is 0 Å². The van der Waals surface area contributed by atoms with Crippen LogP contribution in [-0.2, 0) is 0 Å². The van der Waals surface area contributed by atoms with Crippen LogP contribution in [-0.4, -0.2) is 16.1 Å². The van der Waals surface area contributed by atoms with Gasteiger partial charge >= 0.3 is 0 Å². The molecular formula is C8H8BrNO. The molecule has 2 nitrogen and oxygen atoms in total. The van der Waals surface area contributed by atoms with E-state index >= 15 is 0 Å². The van der Waals surface area contributed by atoms with Crippen molar-refractivity contribution < 1.29 is 4.79 Å². The van der Waals surface area contributed by atoms with Gasteiger partial charge in [-0.05, 0) is 19.1 Å². The van der Waals surface area contributed by atoms with Crippen molar-refractivity contribution in [3.05, 3.63) is 29.6 Å². The molecule has 1 aromatic heterocycles. The second-order valence-corrected chi connectivity index (χ2v) is 2.78. The molecule has 0 fully saturated rings. The molecule has 0 N–H and O–H groups in total. The highest BCUT2D eigenvalue weighted by molar-refractivity contribution is 9.09. The minimum absolute atomic E-state index is 0.0219. The highest BCUT2D eigenvalue weighted by atomic mass is 79.9. The summed E-state index contributed by atoms with van der Waals surface area (Å²) in [5, 5.41) is 0.337. The van der Waals surface area contributed by atoms with E-state index in [0.717, 1.165) is 5.69 Å². The lowest BCUT2D eigenvalue weighted by molar-refractivity contribution is 0.101. The summed E-state index contributed by atoms with van der Waals surface area (Å²) >= 11 is 3.09. The van der Waals surface area contributed by atoms with Crippen molar-refractivity contribution in [3.8, 4) is 0 Å². The van der Waals surface area contributed by atoms with Gasteiger partial charge in [0.1, 0.15) is 5.69 Å². The van der Waals surface area contributed by atoms with E-state index in [0.29, 0.717) is 11.0 Å². The number of pyridine rings is 1. The number of halogens is 1. The molecule has 3 heteroatoms. The number of aromatic nitrogens is 1. The van der Waals surface area contributed by atoms with Crippen molar-refractivity contribution in [2.75, 3.05) is 5.33 Å². The minimum Gasteiger partial charge on any atom is -0.291 e. The van der Waals surface area contributed by atoms with Crippen molar-refractivity contribution in [2.45, 2.75) is 6.92 Å². The van der Waals surface area contributed by atoms with Gasteiger partial charge in [-0.2, -0.15) is 0 Å². The molecule has 0 aliphatic carbocycles. The van der Waals surface area contributed by atoms with Crippen molar-refractivity contribution >= 4 is 21.7 Å². The average Bonchev–Trinajstić information content (AvgIpc) is 2.03. The molecule has 0 aromatic carbocycles. The molecule has 58 valence electrons. The Morgan fingerprint density at radius 2 is 2.36 bits per heavy atom. The van der Waals surface area contributed by atoms with E-state index in [9.17, 15) is 4.79 Å². The first-order valence-corrected chi connectivity index (χ1v) is 4.39.